The Morgan fingerprint density at radius 2 is 2.05 bits per heavy atom. The van der Waals surface area contributed by atoms with E-state index in [4.69, 9.17) is 4.74 Å². The highest BCUT2D eigenvalue weighted by Gasteiger charge is 2.60. The monoisotopic (exact) mass is 543 g/mol. The molecule has 0 unspecified atom stereocenters. The van der Waals surface area contributed by atoms with Crippen LogP contribution in [0.4, 0.5) is 5.69 Å². The molecule has 12 heteroatoms. The summed E-state index contributed by atoms with van der Waals surface area (Å²) in [4.78, 5) is 40.3. The zero-order chi connectivity index (χ0) is 26.6. The number of aromatic nitrogens is 2. The van der Waals surface area contributed by atoms with Crippen LogP contribution < -0.4 is 4.57 Å². The summed E-state index contributed by atoms with van der Waals surface area (Å²) in [7, 11) is 1.99. The maximum Gasteiger partial charge on any atom is 0.355 e. The molecule has 0 radical (unpaired) electrons. The second-order valence-corrected chi connectivity index (χ2v) is 11.6. The Morgan fingerprint density at radius 1 is 1.35 bits per heavy atom. The largest absolute Gasteiger partial charge is 0.456 e. The number of fused-ring (bicyclic) bond motifs is 2. The number of nitrogens with zero attached hydrogens (tertiary/aromatic N) is 4. The molecule has 5 rings (SSSR count). The lowest BCUT2D eigenvalue weighted by Crippen LogP contribution is -2.63. The van der Waals surface area contributed by atoms with Gasteiger partial charge in [0.15, 0.2) is 0 Å². The van der Waals surface area contributed by atoms with Crippen molar-refractivity contribution in [3.63, 3.8) is 0 Å². The molecule has 194 valence electrons. The molecule has 10 nitrogen and oxygen atoms in total. The lowest BCUT2D eigenvalue weighted by atomic mass is 9.77. The van der Waals surface area contributed by atoms with Crippen LogP contribution in [-0.4, -0.2) is 49.1 Å². The number of hydrogen-bond donors (Lipinski definition) is 1. The highest BCUT2D eigenvalue weighted by molar-refractivity contribution is 7.99. The number of carbonyl (C=O) groups excluding carboxylic acids is 2. The maximum absolute atomic E-state index is 13.5. The number of nitro benzene ring substituents is 1. The molecule has 0 spiro atoms. The first-order valence-corrected chi connectivity index (χ1v) is 13.7. The molecule has 0 bridgehead atoms. The van der Waals surface area contributed by atoms with Gasteiger partial charge in [0.1, 0.15) is 18.5 Å². The molecule has 1 fully saturated rings. The van der Waals surface area contributed by atoms with E-state index in [1.165, 1.54) is 29.2 Å². The number of aliphatic hydroxyl groups excluding tert-OH is 1. The van der Waals surface area contributed by atoms with Crippen molar-refractivity contribution in [1.82, 2.24) is 9.30 Å². The van der Waals surface area contributed by atoms with E-state index in [9.17, 15) is 24.8 Å². The number of imidazole rings is 1. The van der Waals surface area contributed by atoms with E-state index < -0.39 is 22.9 Å². The predicted molar refractivity (Wildman–Crippen MR) is 138 cm³/mol. The van der Waals surface area contributed by atoms with Crippen LogP contribution in [0.15, 0.2) is 47.5 Å². The van der Waals surface area contributed by atoms with Crippen molar-refractivity contribution in [2.75, 3.05) is 5.75 Å². The number of β-lactam (4-membered cyclic amide) rings is 1. The number of aryl methyl sites for hydroxylation is 1. The molecule has 1 aromatic carbocycles. The fourth-order valence-corrected chi connectivity index (χ4v) is 7.50. The Hall–Kier alpha value is -3.22. The SMILES string of the molecule is CCSc1c2sc(C3=C(C(=O)OCc4ccc([N+](=O)[O-])cc4)N4C(=O)[C@H]([C@@H](C)O)[C@H]4[C@H]3C)cn2c[n+]1C. The van der Waals surface area contributed by atoms with Crippen molar-refractivity contribution < 1.29 is 28.9 Å². The molecule has 4 heterocycles. The topological polar surface area (TPSA) is 118 Å². The molecule has 1 N–H and O–H groups in total. The lowest BCUT2D eigenvalue weighted by Gasteiger charge is -2.46. The second-order valence-electron chi connectivity index (χ2n) is 9.29. The molecule has 0 saturated carbocycles. The number of hydrogen-bond acceptors (Lipinski definition) is 8. The highest BCUT2D eigenvalue weighted by atomic mass is 32.2. The van der Waals surface area contributed by atoms with Gasteiger partial charge in [0, 0.05) is 23.6 Å². The zero-order valence-electron chi connectivity index (χ0n) is 20.8. The third-order valence-corrected chi connectivity index (χ3v) is 9.24. The number of benzene rings is 1. The van der Waals surface area contributed by atoms with Gasteiger partial charge in [0.25, 0.3) is 5.69 Å². The Balaban J connectivity index is 1.51. The van der Waals surface area contributed by atoms with E-state index in [1.807, 2.05) is 30.9 Å². The fourth-order valence-electron chi connectivity index (χ4n) is 5.24. The summed E-state index contributed by atoms with van der Waals surface area (Å²) in [5.41, 5.74) is 1.49. The van der Waals surface area contributed by atoms with Crippen LogP contribution in [-0.2, 0) is 28.0 Å². The first-order chi connectivity index (χ1) is 17.6. The van der Waals surface area contributed by atoms with Gasteiger partial charge < -0.3 is 14.7 Å². The Morgan fingerprint density at radius 3 is 2.68 bits per heavy atom. The van der Waals surface area contributed by atoms with Crippen molar-refractivity contribution in [1.29, 1.82) is 0 Å². The Kier molecular flexibility index (Phi) is 6.59. The molecule has 1 saturated heterocycles. The summed E-state index contributed by atoms with van der Waals surface area (Å²) < 4.78 is 9.71. The number of aliphatic hydroxyl groups is 1. The van der Waals surface area contributed by atoms with Crippen molar-refractivity contribution in [3.8, 4) is 0 Å². The minimum Gasteiger partial charge on any atom is -0.456 e. The molecule has 2 aromatic heterocycles. The van der Waals surface area contributed by atoms with Crippen LogP contribution in [0.1, 0.15) is 31.2 Å². The highest BCUT2D eigenvalue weighted by Crippen LogP contribution is 2.52. The van der Waals surface area contributed by atoms with Crippen LogP contribution >= 0.6 is 23.1 Å². The summed E-state index contributed by atoms with van der Waals surface area (Å²) in [6, 6.07) is 5.46. The van der Waals surface area contributed by atoms with Gasteiger partial charge in [-0.2, -0.15) is 4.40 Å². The summed E-state index contributed by atoms with van der Waals surface area (Å²) in [5, 5.41) is 22.3. The van der Waals surface area contributed by atoms with Crippen molar-refractivity contribution >= 4 is 51.1 Å². The third kappa shape index (κ3) is 4.12. The molecule has 37 heavy (non-hydrogen) atoms. The summed E-state index contributed by atoms with van der Waals surface area (Å²) in [6.07, 6.45) is 3.13. The van der Waals surface area contributed by atoms with Gasteiger partial charge in [-0.3, -0.25) is 14.9 Å². The number of nitro groups is 1. The van der Waals surface area contributed by atoms with Crippen LogP contribution in [0.3, 0.4) is 0 Å². The normalized spacial score (nSPS) is 21.8. The minimum atomic E-state index is -0.835. The average molecular weight is 544 g/mol. The number of rotatable bonds is 8. The van der Waals surface area contributed by atoms with E-state index in [0.717, 1.165) is 26.1 Å². The van der Waals surface area contributed by atoms with Gasteiger partial charge in [0.2, 0.25) is 22.1 Å². The van der Waals surface area contributed by atoms with Gasteiger partial charge in [0.05, 0.1) is 34.9 Å². The van der Waals surface area contributed by atoms with E-state index in [-0.39, 0.29) is 35.9 Å². The zero-order valence-corrected chi connectivity index (χ0v) is 22.4. The number of ether oxygens (including phenoxy) is 1. The maximum atomic E-state index is 13.5. The first kappa shape index (κ1) is 25.4. The molecule has 3 aromatic rings. The molecule has 0 aliphatic carbocycles. The van der Waals surface area contributed by atoms with E-state index in [0.29, 0.717) is 5.56 Å². The smallest absolute Gasteiger partial charge is 0.355 e. The molecular formula is C25H27N4O6S2+. The van der Waals surface area contributed by atoms with Crippen molar-refractivity contribution in [2.45, 2.75) is 44.5 Å². The predicted octanol–water partition coefficient (Wildman–Crippen LogP) is 3.16. The number of esters is 1. The van der Waals surface area contributed by atoms with Gasteiger partial charge in [-0.15, -0.1) is 0 Å². The van der Waals surface area contributed by atoms with Gasteiger partial charge >= 0.3 is 5.97 Å². The second kappa shape index (κ2) is 9.58. The third-order valence-electron chi connectivity index (χ3n) is 6.93. The van der Waals surface area contributed by atoms with Crippen LogP contribution in [0.25, 0.3) is 10.4 Å². The van der Waals surface area contributed by atoms with Gasteiger partial charge in [-0.05, 0) is 30.4 Å². The standard InChI is InChI=1S/C25H27N4O6S2/c1-5-36-23-24-27(12-26(23)4)10-17(37-24)18-13(2)20-19(14(3)30)22(31)28(20)21(18)25(32)35-11-15-6-8-16(9-7-15)29(33)34/h6-10,12-14,19-20,30H,5,11H2,1-4H3/q+1/t13-,14+,19+,20+/m0/s1. The van der Waals surface area contributed by atoms with E-state index in [1.54, 1.807) is 30.0 Å². The number of non-ortho nitro benzene ring substituents is 1. The molecule has 2 aliphatic rings. The molecular weight excluding hydrogens is 516 g/mol. The van der Waals surface area contributed by atoms with Crippen LogP contribution in [0.5, 0.6) is 0 Å². The first-order valence-electron chi connectivity index (χ1n) is 11.9. The molecule has 2 aliphatic heterocycles. The Labute approximate surface area is 221 Å². The summed E-state index contributed by atoms with van der Waals surface area (Å²) >= 11 is 3.29. The van der Waals surface area contributed by atoms with E-state index >= 15 is 0 Å². The molecule has 1 amide bonds. The average Bonchev–Trinajstić information content (AvgIpc) is 3.45. The number of thiazole rings is 1. The van der Waals surface area contributed by atoms with Crippen LogP contribution in [0, 0.1) is 22.0 Å². The van der Waals surface area contributed by atoms with Crippen LogP contribution in [0.2, 0.25) is 0 Å². The quantitative estimate of drug-likeness (QED) is 0.116. The fraction of sp³-hybridized carbons (Fsp3) is 0.400. The summed E-state index contributed by atoms with van der Waals surface area (Å²) in [5.74, 6) is -0.771. The van der Waals surface area contributed by atoms with Crippen molar-refractivity contribution in [3.05, 3.63) is 63.0 Å². The van der Waals surface area contributed by atoms with Crippen molar-refractivity contribution in [2.24, 2.45) is 18.9 Å². The van der Waals surface area contributed by atoms with Gasteiger partial charge in [-0.25, -0.2) is 9.36 Å². The van der Waals surface area contributed by atoms with Gasteiger partial charge in [-0.1, -0.05) is 36.9 Å². The summed E-state index contributed by atoms with van der Waals surface area (Å²) in [6.45, 7) is 5.58. The lowest BCUT2D eigenvalue weighted by molar-refractivity contribution is -0.705. The minimum absolute atomic E-state index is 0.0500. The Bertz CT molecular complexity index is 1440. The number of amides is 1. The molecule has 4 atom stereocenters. The number of carbonyl (C=O) groups is 2. The van der Waals surface area contributed by atoms with E-state index in [2.05, 4.69) is 11.5 Å². The number of thioether (sulfide) groups is 1.